The molecule has 0 heterocycles. The van der Waals surface area contributed by atoms with Crippen LogP contribution in [0.1, 0.15) is 11.1 Å². The van der Waals surface area contributed by atoms with Gasteiger partial charge in [-0.25, -0.2) is 4.39 Å². The highest BCUT2D eigenvalue weighted by atomic mass is 19.4. The van der Waals surface area contributed by atoms with Crippen LogP contribution in [0.3, 0.4) is 0 Å². The second-order valence-electron chi connectivity index (χ2n) is 3.10. The average Bonchev–Trinajstić information content (AvgIpc) is 2.12. The molecule has 0 bridgehead atoms. The number of alkyl halides is 6. The molecule has 0 aliphatic heterocycles. The van der Waals surface area contributed by atoms with Crippen LogP contribution in [-0.4, -0.2) is 11.9 Å². The van der Waals surface area contributed by atoms with Crippen LogP contribution >= 0.6 is 0 Å². The Morgan fingerprint density at radius 1 is 0.941 bits per heavy atom. The molecule has 1 rings (SSSR count). The molecule has 0 radical (unpaired) electrons. The zero-order valence-electron chi connectivity index (χ0n) is 7.88. The van der Waals surface area contributed by atoms with Gasteiger partial charge in [-0.3, -0.25) is 5.41 Å². The Bertz CT molecular complexity index is 444. The van der Waals surface area contributed by atoms with Crippen molar-refractivity contribution in [1.82, 2.24) is 0 Å². The first-order valence-electron chi connectivity index (χ1n) is 4.05. The third kappa shape index (κ3) is 3.18. The first-order valence-corrected chi connectivity index (χ1v) is 4.05. The van der Waals surface area contributed by atoms with E-state index in [1.807, 2.05) is 0 Å². The van der Waals surface area contributed by atoms with Gasteiger partial charge < -0.3 is 0 Å². The molecule has 94 valence electrons. The van der Waals surface area contributed by atoms with E-state index in [1.165, 1.54) is 0 Å². The van der Waals surface area contributed by atoms with Gasteiger partial charge in [-0.1, -0.05) is 0 Å². The van der Waals surface area contributed by atoms with Gasteiger partial charge in [0.15, 0.2) is 0 Å². The summed E-state index contributed by atoms with van der Waals surface area (Å²) >= 11 is 0. The second-order valence-corrected chi connectivity index (χ2v) is 3.10. The third-order valence-corrected chi connectivity index (χ3v) is 1.80. The Kier molecular flexibility index (Phi) is 3.17. The summed E-state index contributed by atoms with van der Waals surface area (Å²) in [6.07, 6.45) is -10.1. The van der Waals surface area contributed by atoms with Gasteiger partial charge in [0.2, 0.25) is 0 Å². The SMILES string of the molecule is N=C(c1cc(F)cc(C(F)(F)F)c1)C(F)(F)F. The van der Waals surface area contributed by atoms with E-state index in [1.54, 1.807) is 0 Å². The van der Waals surface area contributed by atoms with E-state index in [0.717, 1.165) is 0 Å². The van der Waals surface area contributed by atoms with Crippen LogP contribution in [0.15, 0.2) is 18.2 Å². The van der Waals surface area contributed by atoms with Crippen LogP contribution in [0.2, 0.25) is 0 Å². The zero-order chi connectivity index (χ0) is 13.4. The smallest absolute Gasteiger partial charge is 0.296 e. The Morgan fingerprint density at radius 2 is 1.47 bits per heavy atom. The summed E-state index contributed by atoms with van der Waals surface area (Å²) in [5, 5.41) is 6.62. The Labute approximate surface area is 90.4 Å². The lowest BCUT2D eigenvalue weighted by molar-refractivity contribution is -0.137. The van der Waals surface area contributed by atoms with Gasteiger partial charge in [0, 0.05) is 5.56 Å². The minimum Gasteiger partial charge on any atom is -0.296 e. The standard InChI is InChI=1S/C9H4F7N/c10-6-2-4(7(17)9(14,15)16)1-5(3-6)8(11,12)13/h1-3,17H. The minimum atomic E-state index is -5.13. The van der Waals surface area contributed by atoms with E-state index >= 15 is 0 Å². The molecule has 0 fully saturated rings. The molecule has 0 saturated carbocycles. The maximum Gasteiger partial charge on any atom is 0.433 e. The predicted molar refractivity (Wildman–Crippen MR) is 44.3 cm³/mol. The van der Waals surface area contributed by atoms with Crippen molar-refractivity contribution in [3.05, 3.63) is 35.1 Å². The van der Waals surface area contributed by atoms with Crippen LogP contribution in [-0.2, 0) is 6.18 Å². The van der Waals surface area contributed by atoms with Crippen molar-refractivity contribution in [3.8, 4) is 0 Å². The molecule has 1 nitrogen and oxygen atoms in total. The molecule has 0 amide bonds. The molecule has 1 aromatic carbocycles. The van der Waals surface area contributed by atoms with Crippen molar-refractivity contribution in [2.24, 2.45) is 0 Å². The van der Waals surface area contributed by atoms with Gasteiger partial charge in [-0.2, -0.15) is 26.3 Å². The molecule has 0 spiro atoms. The van der Waals surface area contributed by atoms with Crippen LogP contribution in [0, 0.1) is 11.2 Å². The van der Waals surface area contributed by atoms with E-state index in [4.69, 9.17) is 5.41 Å². The summed E-state index contributed by atoms with van der Waals surface area (Å²) in [5.74, 6) is -1.48. The van der Waals surface area contributed by atoms with Crippen LogP contribution in [0.25, 0.3) is 0 Å². The van der Waals surface area contributed by atoms with Crippen molar-refractivity contribution in [3.63, 3.8) is 0 Å². The van der Waals surface area contributed by atoms with E-state index in [0.29, 0.717) is 0 Å². The van der Waals surface area contributed by atoms with E-state index in [-0.39, 0.29) is 18.2 Å². The number of halogens is 7. The van der Waals surface area contributed by atoms with Gasteiger partial charge in [0.25, 0.3) is 0 Å². The summed E-state index contributed by atoms with van der Waals surface area (Å²) < 4.78 is 85.5. The second kappa shape index (κ2) is 4.01. The lowest BCUT2D eigenvalue weighted by Gasteiger charge is -2.12. The van der Waals surface area contributed by atoms with Crippen molar-refractivity contribution in [2.75, 3.05) is 0 Å². The molecule has 0 unspecified atom stereocenters. The molecule has 17 heavy (non-hydrogen) atoms. The number of nitrogens with one attached hydrogen (secondary N) is 1. The van der Waals surface area contributed by atoms with Crippen molar-refractivity contribution in [2.45, 2.75) is 12.4 Å². The highest BCUT2D eigenvalue weighted by molar-refractivity contribution is 6.02. The fourth-order valence-electron chi connectivity index (χ4n) is 1.06. The monoisotopic (exact) mass is 259 g/mol. The average molecular weight is 259 g/mol. The fourth-order valence-corrected chi connectivity index (χ4v) is 1.06. The Morgan fingerprint density at radius 3 is 1.88 bits per heavy atom. The van der Waals surface area contributed by atoms with Crippen LogP contribution in [0.5, 0.6) is 0 Å². The zero-order valence-corrected chi connectivity index (χ0v) is 7.88. The number of rotatable bonds is 1. The first-order chi connectivity index (χ1) is 7.51. The van der Waals surface area contributed by atoms with Gasteiger partial charge in [0.05, 0.1) is 5.56 Å². The number of benzene rings is 1. The topological polar surface area (TPSA) is 23.9 Å². The molecule has 0 aliphatic rings. The summed E-state index contributed by atoms with van der Waals surface area (Å²) in [7, 11) is 0. The fraction of sp³-hybridized carbons (Fsp3) is 0.222. The largest absolute Gasteiger partial charge is 0.433 e. The molecule has 1 N–H and O–H groups in total. The molecular formula is C9H4F7N. The van der Waals surface area contributed by atoms with E-state index in [2.05, 4.69) is 0 Å². The third-order valence-electron chi connectivity index (χ3n) is 1.80. The number of hydrogen-bond donors (Lipinski definition) is 1. The van der Waals surface area contributed by atoms with Crippen molar-refractivity contribution in [1.29, 1.82) is 5.41 Å². The highest BCUT2D eigenvalue weighted by Crippen LogP contribution is 2.32. The first kappa shape index (κ1) is 13.5. The Hall–Kier alpha value is -1.60. The minimum absolute atomic E-state index is 0.0627. The van der Waals surface area contributed by atoms with Crippen molar-refractivity contribution >= 4 is 5.71 Å². The lowest BCUT2D eigenvalue weighted by atomic mass is 10.1. The molecule has 1 aromatic rings. The van der Waals surface area contributed by atoms with Crippen LogP contribution in [0.4, 0.5) is 30.7 Å². The molecule has 0 saturated heterocycles. The van der Waals surface area contributed by atoms with Crippen LogP contribution < -0.4 is 0 Å². The normalized spacial score (nSPS) is 12.6. The molecule has 8 heteroatoms. The summed E-state index contributed by atoms with van der Waals surface area (Å²) in [4.78, 5) is 0. The molecular weight excluding hydrogens is 255 g/mol. The van der Waals surface area contributed by atoms with Crippen molar-refractivity contribution < 1.29 is 30.7 Å². The van der Waals surface area contributed by atoms with Gasteiger partial charge in [-0.05, 0) is 18.2 Å². The molecule has 0 atom stereocenters. The van der Waals surface area contributed by atoms with Gasteiger partial charge >= 0.3 is 12.4 Å². The van der Waals surface area contributed by atoms with Gasteiger partial charge in [-0.15, -0.1) is 0 Å². The molecule has 0 aromatic heterocycles. The maximum absolute atomic E-state index is 12.7. The lowest BCUT2D eigenvalue weighted by Crippen LogP contribution is -2.23. The predicted octanol–water partition coefficient (Wildman–Crippen LogP) is 3.77. The van der Waals surface area contributed by atoms with Gasteiger partial charge in [0.1, 0.15) is 11.5 Å². The number of hydrogen-bond acceptors (Lipinski definition) is 1. The maximum atomic E-state index is 12.7. The highest BCUT2D eigenvalue weighted by Gasteiger charge is 2.37. The quantitative estimate of drug-likeness (QED) is 0.586. The molecule has 0 aliphatic carbocycles. The van der Waals surface area contributed by atoms with E-state index < -0.39 is 35.0 Å². The summed E-state index contributed by atoms with van der Waals surface area (Å²) in [5.41, 5.74) is -4.76. The summed E-state index contributed by atoms with van der Waals surface area (Å²) in [6.45, 7) is 0. The summed E-state index contributed by atoms with van der Waals surface area (Å²) in [6, 6.07) is 0.372. The Balaban J connectivity index is 3.29. The van der Waals surface area contributed by atoms with E-state index in [9.17, 15) is 30.7 Å².